The molecular weight excluding hydrogens is 222 g/mol. The Morgan fingerprint density at radius 1 is 1.31 bits per heavy atom. The van der Waals surface area contributed by atoms with Gasteiger partial charge in [0, 0.05) is 23.4 Å². The van der Waals surface area contributed by atoms with Crippen LogP contribution in [0.4, 0.5) is 5.69 Å². The van der Waals surface area contributed by atoms with Crippen LogP contribution >= 0.6 is 11.8 Å². The van der Waals surface area contributed by atoms with Crippen LogP contribution in [0.25, 0.3) is 10.9 Å². The van der Waals surface area contributed by atoms with Crippen LogP contribution < -0.4 is 5.73 Å². The Labute approximate surface area is 97.9 Å². The average Bonchev–Trinajstić information content (AvgIpc) is 2.30. The van der Waals surface area contributed by atoms with E-state index in [1.807, 2.05) is 18.2 Å². The van der Waals surface area contributed by atoms with E-state index in [-0.39, 0.29) is 6.61 Å². The van der Waals surface area contributed by atoms with Gasteiger partial charge >= 0.3 is 0 Å². The maximum Gasteiger partial charge on any atom is 0.117 e. The normalized spacial score (nSPS) is 10.8. The summed E-state index contributed by atoms with van der Waals surface area (Å²) in [5.41, 5.74) is 7.36. The van der Waals surface area contributed by atoms with Gasteiger partial charge in [-0.1, -0.05) is 0 Å². The molecule has 2 rings (SSSR count). The van der Waals surface area contributed by atoms with Gasteiger partial charge in [0.05, 0.1) is 5.52 Å². The highest BCUT2D eigenvalue weighted by Crippen LogP contribution is 2.26. The Hall–Kier alpha value is -1.33. The Morgan fingerprint density at radius 2 is 2.19 bits per heavy atom. The van der Waals surface area contributed by atoms with E-state index >= 15 is 0 Å². The molecule has 0 amide bonds. The number of nitrogens with zero attached hydrogens (tertiary/aromatic N) is 2. The fraction of sp³-hybridized carbons (Fsp3) is 0.273. The molecule has 5 heteroatoms. The van der Waals surface area contributed by atoms with E-state index < -0.39 is 0 Å². The number of hydrogen-bond donors (Lipinski definition) is 2. The van der Waals surface area contributed by atoms with Crippen LogP contribution in [0.2, 0.25) is 0 Å². The lowest BCUT2D eigenvalue weighted by atomic mass is 10.2. The number of aliphatic hydroxyl groups excluding tert-OH is 1. The Kier molecular flexibility index (Phi) is 3.58. The zero-order chi connectivity index (χ0) is 11.4. The highest BCUT2D eigenvalue weighted by atomic mass is 32.2. The molecule has 0 unspecified atom stereocenters. The predicted molar refractivity (Wildman–Crippen MR) is 66.4 cm³/mol. The molecule has 0 aliphatic heterocycles. The number of nitrogens with two attached hydrogens (primary N) is 1. The molecule has 0 aliphatic carbocycles. The van der Waals surface area contributed by atoms with Crippen molar-refractivity contribution in [3.8, 4) is 0 Å². The molecule has 16 heavy (non-hydrogen) atoms. The molecule has 0 atom stereocenters. The summed E-state index contributed by atoms with van der Waals surface area (Å²) in [6, 6.07) is 5.61. The van der Waals surface area contributed by atoms with Crippen LogP contribution in [0, 0.1) is 0 Å². The van der Waals surface area contributed by atoms with Gasteiger partial charge in [-0.2, -0.15) is 0 Å². The lowest BCUT2D eigenvalue weighted by molar-refractivity contribution is 0.296. The third-order valence-electron chi connectivity index (χ3n) is 2.16. The zero-order valence-electron chi connectivity index (χ0n) is 8.76. The second-order valence-corrected chi connectivity index (χ2v) is 4.46. The second kappa shape index (κ2) is 5.14. The SMILES string of the molecule is Nc1ccc2ncnc(SCCCO)c2c1. The summed E-state index contributed by atoms with van der Waals surface area (Å²) < 4.78 is 0. The molecule has 0 fully saturated rings. The van der Waals surface area contributed by atoms with Gasteiger partial charge in [-0.05, 0) is 24.6 Å². The van der Waals surface area contributed by atoms with Crippen molar-refractivity contribution in [2.45, 2.75) is 11.4 Å². The first kappa shape index (κ1) is 11.2. The fourth-order valence-electron chi connectivity index (χ4n) is 1.40. The number of thioether (sulfide) groups is 1. The minimum atomic E-state index is 0.207. The molecule has 0 saturated carbocycles. The highest BCUT2D eigenvalue weighted by Gasteiger charge is 2.04. The quantitative estimate of drug-likeness (QED) is 0.365. The van der Waals surface area contributed by atoms with E-state index in [4.69, 9.17) is 10.8 Å². The number of nitrogen functional groups attached to an aromatic ring is 1. The average molecular weight is 235 g/mol. The van der Waals surface area contributed by atoms with Crippen molar-refractivity contribution in [2.75, 3.05) is 18.1 Å². The van der Waals surface area contributed by atoms with Crippen molar-refractivity contribution < 1.29 is 5.11 Å². The molecule has 1 aromatic carbocycles. The van der Waals surface area contributed by atoms with E-state index in [0.717, 1.165) is 28.1 Å². The summed E-state index contributed by atoms with van der Waals surface area (Å²) >= 11 is 1.62. The topological polar surface area (TPSA) is 72.0 Å². The van der Waals surface area contributed by atoms with Gasteiger partial charge in [0.25, 0.3) is 0 Å². The van der Waals surface area contributed by atoms with Crippen LogP contribution in [0.15, 0.2) is 29.6 Å². The first-order valence-corrected chi connectivity index (χ1v) is 6.03. The lowest BCUT2D eigenvalue weighted by Crippen LogP contribution is -1.92. The second-order valence-electron chi connectivity index (χ2n) is 3.38. The first-order valence-electron chi connectivity index (χ1n) is 5.05. The van der Waals surface area contributed by atoms with Gasteiger partial charge in [0.2, 0.25) is 0 Å². The predicted octanol–water partition coefficient (Wildman–Crippen LogP) is 1.69. The first-order chi connectivity index (χ1) is 7.81. The number of anilines is 1. The highest BCUT2D eigenvalue weighted by molar-refractivity contribution is 7.99. The molecule has 0 aliphatic rings. The van der Waals surface area contributed by atoms with Gasteiger partial charge in [-0.15, -0.1) is 11.8 Å². The molecule has 0 saturated heterocycles. The number of aliphatic hydroxyl groups is 1. The Balaban J connectivity index is 2.32. The van der Waals surface area contributed by atoms with Gasteiger partial charge in [0.15, 0.2) is 0 Å². The summed E-state index contributed by atoms with van der Waals surface area (Å²) in [5, 5.41) is 10.6. The number of hydrogen-bond acceptors (Lipinski definition) is 5. The molecule has 0 bridgehead atoms. The third-order valence-corrected chi connectivity index (χ3v) is 3.26. The van der Waals surface area contributed by atoms with Crippen LogP contribution in [0.5, 0.6) is 0 Å². The van der Waals surface area contributed by atoms with Crippen molar-refractivity contribution in [3.05, 3.63) is 24.5 Å². The van der Waals surface area contributed by atoms with Gasteiger partial charge < -0.3 is 10.8 Å². The molecule has 0 spiro atoms. The van der Waals surface area contributed by atoms with E-state index in [0.29, 0.717) is 5.69 Å². The van der Waals surface area contributed by atoms with Crippen molar-refractivity contribution in [1.29, 1.82) is 0 Å². The molecule has 84 valence electrons. The number of benzene rings is 1. The molecule has 4 nitrogen and oxygen atoms in total. The van der Waals surface area contributed by atoms with Crippen LogP contribution in [-0.2, 0) is 0 Å². The van der Waals surface area contributed by atoms with E-state index in [9.17, 15) is 0 Å². The van der Waals surface area contributed by atoms with Crippen molar-refractivity contribution in [2.24, 2.45) is 0 Å². The standard InChI is InChI=1S/C11H13N3OS/c12-8-2-3-10-9(6-8)11(14-7-13-10)16-5-1-4-15/h2-3,6-7,15H,1,4-5,12H2. The molecular formula is C11H13N3OS. The molecule has 3 N–H and O–H groups in total. The van der Waals surface area contributed by atoms with E-state index in [1.165, 1.54) is 0 Å². The maximum absolute atomic E-state index is 8.74. The fourth-order valence-corrected chi connectivity index (χ4v) is 2.31. The number of fused-ring (bicyclic) bond motifs is 1. The summed E-state index contributed by atoms with van der Waals surface area (Å²) in [7, 11) is 0. The molecule has 1 aromatic heterocycles. The summed E-state index contributed by atoms with van der Waals surface area (Å²) in [5.74, 6) is 0.845. The maximum atomic E-state index is 8.74. The van der Waals surface area contributed by atoms with Gasteiger partial charge in [-0.3, -0.25) is 0 Å². The minimum Gasteiger partial charge on any atom is -0.399 e. The van der Waals surface area contributed by atoms with E-state index in [1.54, 1.807) is 18.1 Å². The smallest absolute Gasteiger partial charge is 0.117 e. The van der Waals surface area contributed by atoms with Crippen molar-refractivity contribution >= 4 is 28.4 Å². The summed E-state index contributed by atoms with van der Waals surface area (Å²) in [4.78, 5) is 8.42. The minimum absolute atomic E-state index is 0.207. The number of aromatic nitrogens is 2. The number of rotatable bonds is 4. The van der Waals surface area contributed by atoms with Crippen LogP contribution in [0.1, 0.15) is 6.42 Å². The van der Waals surface area contributed by atoms with Crippen LogP contribution in [0.3, 0.4) is 0 Å². The largest absolute Gasteiger partial charge is 0.399 e. The van der Waals surface area contributed by atoms with Crippen molar-refractivity contribution in [1.82, 2.24) is 9.97 Å². The van der Waals surface area contributed by atoms with Crippen LogP contribution in [-0.4, -0.2) is 27.4 Å². The van der Waals surface area contributed by atoms with Gasteiger partial charge in [-0.25, -0.2) is 9.97 Å². The van der Waals surface area contributed by atoms with E-state index in [2.05, 4.69) is 9.97 Å². The lowest BCUT2D eigenvalue weighted by Gasteiger charge is -2.04. The van der Waals surface area contributed by atoms with Crippen molar-refractivity contribution in [3.63, 3.8) is 0 Å². The Morgan fingerprint density at radius 3 is 3.00 bits per heavy atom. The Bertz CT molecular complexity index is 490. The molecule has 2 aromatic rings. The summed E-state index contributed by atoms with van der Waals surface area (Å²) in [6.07, 6.45) is 2.32. The third kappa shape index (κ3) is 2.43. The molecule has 1 heterocycles. The summed E-state index contributed by atoms with van der Waals surface area (Å²) in [6.45, 7) is 0.207. The zero-order valence-corrected chi connectivity index (χ0v) is 9.57. The monoisotopic (exact) mass is 235 g/mol. The molecule has 0 radical (unpaired) electrons. The van der Waals surface area contributed by atoms with Gasteiger partial charge in [0.1, 0.15) is 11.4 Å².